The number of hydrogen-bond acceptors (Lipinski definition) is 4. The maximum absolute atomic E-state index is 10.1. The zero-order valence-electron chi connectivity index (χ0n) is 4.82. The van der Waals surface area contributed by atoms with Gasteiger partial charge in [-0.3, -0.25) is 9.79 Å². The number of aldehydes is 1. The van der Waals surface area contributed by atoms with Crippen LogP contribution in [-0.4, -0.2) is 24.1 Å². The number of allylic oxidation sites excluding steroid dienone is 1. The van der Waals surface area contributed by atoms with Crippen molar-refractivity contribution >= 4 is 12.5 Å². The van der Waals surface area contributed by atoms with E-state index in [1.165, 1.54) is 11.2 Å². The molecule has 2 N–H and O–H groups in total. The summed E-state index contributed by atoms with van der Waals surface area (Å²) in [5.74, 6) is 5.33. The fourth-order valence-corrected chi connectivity index (χ4v) is 0.542. The number of nitrogens with zero attached hydrogens (tertiary/aromatic N) is 2. The molecule has 0 aromatic heterocycles. The van der Waals surface area contributed by atoms with E-state index in [0.29, 0.717) is 18.5 Å². The Morgan fingerprint density at radius 2 is 2.67 bits per heavy atom. The summed E-state index contributed by atoms with van der Waals surface area (Å²) in [6.07, 6.45) is 3.74. The Labute approximate surface area is 52.6 Å². The lowest BCUT2D eigenvalue weighted by Crippen LogP contribution is -2.34. The van der Waals surface area contributed by atoms with E-state index in [1.54, 1.807) is 6.21 Å². The van der Waals surface area contributed by atoms with Crippen LogP contribution in [0.25, 0.3) is 0 Å². The van der Waals surface area contributed by atoms with Crippen molar-refractivity contribution in [3.8, 4) is 0 Å². The summed E-state index contributed by atoms with van der Waals surface area (Å²) in [5, 5.41) is 1.33. The van der Waals surface area contributed by atoms with E-state index in [-0.39, 0.29) is 0 Å². The predicted molar refractivity (Wildman–Crippen MR) is 33.5 cm³/mol. The lowest BCUT2D eigenvalue weighted by atomic mass is 10.4. The Bertz CT molecular complexity index is 173. The van der Waals surface area contributed by atoms with Gasteiger partial charge in [0.05, 0.1) is 12.7 Å². The van der Waals surface area contributed by atoms with Gasteiger partial charge in [-0.25, -0.2) is 5.84 Å². The Hall–Kier alpha value is -1.16. The van der Waals surface area contributed by atoms with E-state index in [9.17, 15) is 4.79 Å². The molecule has 0 aliphatic carbocycles. The monoisotopic (exact) mass is 125 g/mol. The molecule has 0 bridgehead atoms. The van der Waals surface area contributed by atoms with Crippen LogP contribution in [0.15, 0.2) is 16.9 Å². The molecule has 1 rings (SSSR count). The molecule has 0 saturated carbocycles. The highest BCUT2D eigenvalue weighted by molar-refractivity contribution is 5.76. The maximum Gasteiger partial charge on any atom is 0.169 e. The molecule has 9 heavy (non-hydrogen) atoms. The number of hydrazine groups is 1. The van der Waals surface area contributed by atoms with Gasteiger partial charge in [-0.15, -0.1) is 0 Å². The fraction of sp³-hybridized carbons (Fsp3) is 0.200. The number of carbonyl (C=O) groups excluding carboxylic acids is 1. The van der Waals surface area contributed by atoms with Crippen LogP contribution in [0.5, 0.6) is 0 Å². The summed E-state index contributed by atoms with van der Waals surface area (Å²) in [7, 11) is 0. The molecule has 0 amide bonds. The minimum Gasteiger partial charge on any atom is -0.301 e. The molecular weight excluding hydrogens is 118 g/mol. The van der Waals surface area contributed by atoms with Gasteiger partial charge < -0.3 is 5.01 Å². The summed E-state index contributed by atoms with van der Waals surface area (Å²) in [5.41, 5.74) is 0.414. The topological polar surface area (TPSA) is 58.7 Å². The van der Waals surface area contributed by atoms with Gasteiger partial charge in [0.1, 0.15) is 5.70 Å². The van der Waals surface area contributed by atoms with E-state index >= 15 is 0 Å². The van der Waals surface area contributed by atoms with Crippen LogP contribution in [-0.2, 0) is 4.79 Å². The zero-order valence-corrected chi connectivity index (χ0v) is 4.82. The van der Waals surface area contributed by atoms with Crippen molar-refractivity contribution in [1.29, 1.82) is 0 Å². The normalized spacial score (nSPS) is 17.4. The molecule has 0 spiro atoms. The third-order valence-corrected chi connectivity index (χ3v) is 1.04. The summed E-state index contributed by atoms with van der Waals surface area (Å²) < 4.78 is 0. The van der Waals surface area contributed by atoms with Gasteiger partial charge in [0.25, 0.3) is 0 Å². The zero-order chi connectivity index (χ0) is 6.69. The average Bonchev–Trinajstić information content (AvgIpc) is 1.89. The van der Waals surface area contributed by atoms with Crippen molar-refractivity contribution < 1.29 is 4.79 Å². The summed E-state index contributed by atoms with van der Waals surface area (Å²) in [6, 6.07) is 0. The highest BCUT2D eigenvalue weighted by atomic mass is 16.1. The first-order valence-electron chi connectivity index (χ1n) is 2.54. The van der Waals surface area contributed by atoms with Gasteiger partial charge in [-0.05, 0) is 0 Å². The SMILES string of the molecule is NN1CC=NC=C1C=O. The molecule has 0 atom stereocenters. The Kier molecular flexibility index (Phi) is 1.60. The molecule has 0 unspecified atom stereocenters. The average molecular weight is 125 g/mol. The van der Waals surface area contributed by atoms with Crippen molar-refractivity contribution in [2.24, 2.45) is 10.8 Å². The molecule has 1 aliphatic rings. The van der Waals surface area contributed by atoms with Gasteiger partial charge in [0.15, 0.2) is 6.29 Å². The standard InChI is InChI=1S/C5H7N3O/c6-8-2-1-7-3-5(8)4-9/h1,3-4H,2,6H2. The summed E-state index contributed by atoms with van der Waals surface area (Å²) in [6.45, 7) is 0.505. The van der Waals surface area contributed by atoms with Gasteiger partial charge in [0, 0.05) is 6.21 Å². The van der Waals surface area contributed by atoms with Crippen LogP contribution < -0.4 is 5.84 Å². The smallest absolute Gasteiger partial charge is 0.169 e. The molecule has 48 valence electrons. The lowest BCUT2D eigenvalue weighted by Gasteiger charge is -2.16. The van der Waals surface area contributed by atoms with Crippen molar-refractivity contribution in [3.63, 3.8) is 0 Å². The molecule has 0 radical (unpaired) electrons. The Balaban J connectivity index is 2.74. The predicted octanol–water partition coefficient (Wildman–Crippen LogP) is -0.713. The molecule has 4 heteroatoms. The van der Waals surface area contributed by atoms with E-state index in [4.69, 9.17) is 5.84 Å². The number of hydrogen-bond donors (Lipinski definition) is 1. The van der Waals surface area contributed by atoms with Crippen LogP contribution in [0.2, 0.25) is 0 Å². The second-order valence-electron chi connectivity index (χ2n) is 1.66. The first-order chi connectivity index (χ1) is 4.34. The Morgan fingerprint density at radius 1 is 1.89 bits per heavy atom. The molecule has 4 nitrogen and oxygen atoms in total. The van der Waals surface area contributed by atoms with Crippen LogP contribution in [0.3, 0.4) is 0 Å². The first-order valence-corrected chi connectivity index (χ1v) is 2.54. The minimum atomic E-state index is 0.414. The summed E-state index contributed by atoms with van der Waals surface area (Å²) in [4.78, 5) is 13.8. The Morgan fingerprint density at radius 3 is 3.11 bits per heavy atom. The highest BCUT2D eigenvalue weighted by Gasteiger charge is 2.03. The van der Waals surface area contributed by atoms with Crippen molar-refractivity contribution in [2.45, 2.75) is 0 Å². The van der Waals surface area contributed by atoms with Gasteiger partial charge >= 0.3 is 0 Å². The van der Waals surface area contributed by atoms with Crippen LogP contribution in [0.1, 0.15) is 0 Å². The highest BCUT2D eigenvalue weighted by Crippen LogP contribution is 1.97. The molecule has 0 saturated heterocycles. The van der Waals surface area contributed by atoms with Crippen molar-refractivity contribution in [3.05, 3.63) is 11.9 Å². The quantitative estimate of drug-likeness (QED) is 0.372. The van der Waals surface area contributed by atoms with Crippen LogP contribution >= 0.6 is 0 Å². The van der Waals surface area contributed by atoms with Gasteiger partial charge in [-0.1, -0.05) is 0 Å². The minimum absolute atomic E-state index is 0.414. The molecule has 0 fully saturated rings. The number of carbonyl (C=O) groups is 1. The number of aliphatic imine (C=N–C) groups is 1. The fourth-order valence-electron chi connectivity index (χ4n) is 0.542. The lowest BCUT2D eigenvalue weighted by molar-refractivity contribution is -0.106. The number of nitrogens with two attached hydrogens (primary N) is 1. The van der Waals surface area contributed by atoms with Gasteiger partial charge in [0.2, 0.25) is 0 Å². The van der Waals surface area contributed by atoms with Crippen molar-refractivity contribution in [2.75, 3.05) is 6.54 Å². The third-order valence-electron chi connectivity index (χ3n) is 1.04. The maximum atomic E-state index is 10.1. The summed E-state index contributed by atoms with van der Waals surface area (Å²) >= 11 is 0. The van der Waals surface area contributed by atoms with E-state index in [0.717, 1.165) is 0 Å². The molecular formula is C5H7N3O. The number of rotatable bonds is 1. The van der Waals surface area contributed by atoms with Crippen molar-refractivity contribution in [1.82, 2.24) is 5.01 Å². The third kappa shape index (κ3) is 1.14. The van der Waals surface area contributed by atoms with E-state index in [1.807, 2.05) is 0 Å². The first kappa shape index (κ1) is 5.97. The molecule has 0 aromatic carbocycles. The van der Waals surface area contributed by atoms with Crippen LogP contribution in [0, 0.1) is 0 Å². The van der Waals surface area contributed by atoms with E-state index < -0.39 is 0 Å². The van der Waals surface area contributed by atoms with E-state index in [2.05, 4.69) is 4.99 Å². The molecule has 1 aliphatic heterocycles. The second-order valence-corrected chi connectivity index (χ2v) is 1.66. The van der Waals surface area contributed by atoms with Crippen LogP contribution in [0.4, 0.5) is 0 Å². The largest absolute Gasteiger partial charge is 0.301 e. The molecule has 0 aromatic rings. The second kappa shape index (κ2) is 2.41. The van der Waals surface area contributed by atoms with Gasteiger partial charge in [-0.2, -0.15) is 0 Å². The molecule has 1 heterocycles.